The summed E-state index contributed by atoms with van der Waals surface area (Å²) in [5.41, 5.74) is 6.11. The van der Waals surface area contributed by atoms with E-state index in [2.05, 4.69) is 9.89 Å². The fraction of sp³-hybridized carbons (Fsp3) is 0.889. The maximum Gasteiger partial charge on any atom is 0.191 e. The van der Waals surface area contributed by atoms with Crippen LogP contribution in [0.2, 0.25) is 0 Å². The Hall–Kier alpha value is -0.770. The number of aliphatic imine (C=N–C) groups is 1. The molecule has 2 rings (SSSR count). The molecule has 0 amide bonds. The van der Waals surface area contributed by atoms with Gasteiger partial charge >= 0.3 is 0 Å². The quantitative estimate of drug-likeness (QED) is 0.679. The van der Waals surface area contributed by atoms with Gasteiger partial charge in [0, 0.05) is 13.7 Å². The van der Waals surface area contributed by atoms with Gasteiger partial charge in [-0.2, -0.15) is 0 Å². The number of hydrogen-bond acceptors (Lipinski definition) is 4. The zero-order chi connectivity index (χ0) is 9.31. The van der Waals surface area contributed by atoms with Gasteiger partial charge in [-0.1, -0.05) is 0 Å². The van der Waals surface area contributed by atoms with E-state index in [-0.39, 0.29) is 5.54 Å². The lowest BCUT2D eigenvalue weighted by Crippen LogP contribution is -2.56. The van der Waals surface area contributed by atoms with Crippen LogP contribution in [0.3, 0.4) is 0 Å². The van der Waals surface area contributed by atoms with E-state index in [0.717, 1.165) is 19.7 Å². The molecular formula is C9H17N3O. The number of ether oxygens (including phenoxy) is 1. The largest absolute Gasteiger partial charge is 0.383 e. The molecule has 74 valence electrons. The molecule has 0 aromatic carbocycles. The van der Waals surface area contributed by atoms with Crippen molar-refractivity contribution in [1.82, 2.24) is 4.90 Å². The SMILES string of the molecule is COCCN1C(N)=NCC12CCC2. The lowest BCUT2D eigenvalue weighted by atomic mass is 9.76. The van der Waals surface area contributed by atoms with E-state index < -0.39 is 0 Å². The van der Waals surface area contributed by atoms with Crippen LogP contribution in [0.25, 0.3) is 0 Å². The van der Waals surface area contributed by atoms with Crippen molar-refractivity contribution in [2.24, 2.45) is 10.7 Å². The maximum atomic E-state index is 5.83. The number of methoxy groups -OCH3 is 1. The highest BCUT2D eigenvalue weighted by Gasteiger charge is 2.46. The van der Waals surface area contributed by atoms with Gasteiger partial charge in [0.2, 0.25) is 0 Å². The molecule has 0 aromatic heterocycles. The van der Waals surface area contributed by atoms with Crippen LogP contribution in [-0.2, 0) is 4.74 Å². The summed E-state index contributed by atoms with van der Waals surface area (Å²) in [6.07, 6.45) is 3.79. The third-order valence-corrected chi connectivity index (χ3v) is 3.19. The van der Waals surface area contributed by atoms with Gasteiger partial charge in [-0.15, -0.1) is 0 Å². The second-order valence-electron chi connectivity index (χ2n) is 3.90. The lowest BCUT2D eigenvalue weighted by Gasteiger charge is -2.46. The highest BCUT2D eigenvalue weighted by molar-refractivity contribution is 5.81. The van der Waals surface area contributed by atoms with Gasteiger partial charge < -0.3 is 15.4 Å². The molecule has 2 N–H and O–H groups in total. The molecule has 0 saturated heterocycles. The first-order valence-corrected chi connectivity index (χ1v) is 4.85. The zero-order valence-electron chi connectivity index (χ0n) is 8.12. The molecule has 1 fully saturated rings. The summed E-state index contributed by atoms with van der Waals surface area (Å²) in [5, 5.41) is 0. The second-order valence-corrected chi connectivity index (χ2v) is 3.90. The topological polar surface area (TPSA) is 50.9 Å². The molecule has 1 aliphatic heterocycles. The molecule has 4 nitrogen and oxygen atoms in total. The smallest absolute Gasteiger partial charge is 0.191 e. The number of nitrogens with two attached hydrogens (primary N) is 1. The van der Waals surface area contributed by atoms with Crippen molar-refractivity contribution >= 4 is 5.96 Å². The first-order chi connectivity index (χ1) is 6.28. The van der Waals surface area contributed by atoms with Crippen molar-refractivity contribution in [1.29, 1.82) is 0 Å². The van der Waals surface area contributed by atoms with Gasteiger partial charge in [-0.25, -0.2) is 0 Å². The van der Waals surface area contributed by atoms with Crippen LogP contribution in [-0.4, -0.2) is 43.2 Å². The zero-order valence-corrected chi connectivity index (χ0v) is 8.12. The first-order valence-electron chi connectivity index (χ1n) is 4.85. The normalized spacial score (nSPS) is 24.7. The Balaban J connectivity index is 1.99. The van der Waals surface area contributed by atoms with Crippen LogP contribution in [0.4, 0.5) is 0 Å². The third-order valence-electron chi connectivity index (χ3n) is 3.19. The first kappa shape index (κ1) is 8.81. The standard InChI is InChI=1S/C9H17N3O/c1-13-6-5-12-8(10)11-7-9(12)3-2-4-9/h2-7H2,1H3,(H2,10,11). The Bertz CT molecular complexity index is 223. The minimum absolute atomic E-state index is 0.280. The van der Waals surface area contributed by atoms with Crippen LogP contribution >= 0.6 is 0 Å². The van der Waals surface area contributed by atoms with Crippen LogP contribution < -0.4 is 5.73 Å². The predicted octanol–water partition coefficient (Wildman–Crippen LogP) is 0.186. The van der Waals surface area contributed by atoms with Gasteiger partial charge in [-0.05, 0) is 19.3 Å². The summed E-state index contributed by atoms with van der Waals surface area (Å²) in [6, 6.07) is 0. The van der Waals surface area contributed by atoms with Crippen LogP contribution in [0.5, 0.6) is 0 Å². The highest BCUT2D eigenvalue weighted by atomic mass is 16.5. The van der Waals surface area contributed by atoms with Crippen molar-refractivity contribution in [2.75, 3.05) is 26.8 Å². The van der Waals surface area contributed by atoms with Crippen LogP contribution in [0.1, 0.15) is 19.3 Å². The summed E-state index contributed by atoms with van der Waals surface area (Å²) in [7, 11) is 1.72. The Morgan fingerprint density at radius 1 is 1.62 bits per heavy atom. The predicted molar refractivity (Wildman–Crippen MR) is 51.7 cm³/mol. The van der Waals surface area contributed by atoms with Crippen molar-refractivity contribution in [3.05, 3.63) is 0 Å². The van der Waals surface area contributed by atoms with Crippen molar-refractivity contribution in [2.45, 2.75) is 24.8 Å². The number of hydrogen-bond donors (Lipinski definition) is 1. The number of rotatable bonds is 3. The monoisotopic (exact) mass is 183 g/mol. The van der Waals surface area contributed by atoms with E-state index in [1.807, 2.05) is 0 Å². The summed E-state index contributed by atoms with van der Waals surface area (Å²) in [5.74, 6) is 0.705. The molecule has 1 heterocycles. The Morgan fingerprint density at radius 3 is 2.92 bits per heavy atom. The fourth-order valence-electron chi connectivity index (χ4n) is 2.19. The third kappa shape index (κ3) is 1.29. The summed E-state index contributed by atoms with van der Waals surface area (Å²) in [6.45, 7) is 2.51. The van der Waals surface area contributed by atoms with E-state index in [1.54, 1.807) is 7.11 Å². The van der Waals surface area contributed by atoms with Gasteiger partial charge in [0.1, 0.15) is 0 Å². The van der Waals surface area contributed by atoms with E-state index in [9.17, 15) is 0 Å². The molecule has 0 atom stereocenters. The minimum Gasteiger partial charge on any atom is -0.383 e. The molecule has 13 heavy (non-hydrogen) atoms. The Labute approximate surface area is 78.8 Å². The van der Waals surface area contributed by atoms with E-state index in [4.69, 9.17) is 10.5 Å². The Kier molecular flexibility index (Phi) is 2.15. The van der Waals surface area contributed by atoms with Crippen molar-refractivity contribution in [3.63, 3.8) is 0 Å². The molecule has 1 saturated carbocycles. The Morgan fingerprint density at radius 2 is 2.38 bits per heavy atom. The molecule has 4 heteroatoms. The van der Waals surface area contributed by atoms with E-state index in [0.29, 0.717) is 5.96 Å². The highest BCUT2D eigenvalue weighted by Crippen LogP contribution is 2.40. The summed E-state index contributed by atoms with van der Waals surface area (Å²) < 4.78 is 5.06. The summed E-state index contributed by atoms with van der Waals surface area (Å²) >= 11 is 0. The molecule has 0 bridgehead atoms. The maximum absolute atomic E-state index is 5.83. The van der Waals surface area contributed by atoms with E-state index in [1.165, 1.54) is 19.3 Å². The van der Waals surface area contributed by atoms with Crippen LogP contribution in [0.15, 0.2) is 4.99 Å². The van der Waals surface area contributed by atoms with E-state index >= 15 is 0 Å². The summed E-state index contributed by atoms with van der Waals surface area (Å²) in [4.78, 5) is 6.53. The van der Waals surface area contributed by atoms with Crippen molar-refractivity contribution in [3.8, 4) is 0 Å². The van der Waals surface area contributed by atoms with Gasteiger partial charge in [0.05, 0.1) is 18.7 Å². The molecule has 0 radical (unpaired) electrons. The molecule has 1 aliphatic carbocycles. The van der Waals surface area contributed by atoms with Crippen LogP contribution in [0, 0.1) is 0 Å². The lowest BCUT2D eigenvalue weighted by molar-refractivity contribution is 0.0736. The molecule has 0 aromatic rings. The number of nitrogens with zero attached hydrogens (tertiary/aromatic N) is 2. The number of guanidine groups is 1. The fourth-order valence-corrected chi connectivity index (χ4v) is 2.19. The molecular weight excluding hydrogens is 166 g/mol. The molecule has 0 unspecified atom stereocenters. The van der Waals surface area contributed by atoms with Gasteiger partial charge in [0.15, 0.2) is 5.96 Å². The average molecular weight is 183 g/mol. The van der Waals surface area contributed by atoms with Gasteiger partial charge in [0.25, 0.3) is 0 Å². The molecule has 1 spiro atoms. The average Bonchev–Trinajstić information content (AvgIpc) is 2.39. The second kappa shape index (κ2) is 3.18. The van der Waals surface area contributed by atoms with Gasteiger partial charge in [-0.3, -0.25) is 4.99 Å². The molecule has 2 aliphatic rings. The minimum atomic E-state index is 0.280. The van der Waals surface area contributed by atoms with Crippen molar-refractivity contribution < 1.29 is 4.74 Å².